The van der Waals surface area contributed by atoms with Crippen LogP contribution in [0, 0.1) is 5.21 Å². The predicted molar refractivity (Wildman–Crippen MR) is 86.6 cm³/mol. The first-order valence-electron chi connectivity index (χ1n) is 7.87. The third kappa shape index (κ3) is 2.19. The molecule has 24 heavy (non-hydrogen) atoms. The third-order valence-electron chi connectivity index (χ3n) is 5.09. The van der Waals surface area contributed by atoms with E-state index in [0.717, 1.165) is 30.8 Å². The van der Waals surface area contributed by atoms with Gasteiger partial charge in [-0.15, -0.1) is 0 Å². The van der Waals surface area contributed by atoms with Crippen molar-refractivity contribution >= 4 is 9.84 Å². The molecule has 126 valence electrons. The summed E-state index contributed by atoms with van der Waals surface area (Å²) in [6.45, 7) is 3.77. The van der Waals surface area contributed by atoms with Gasteiger partial charge in [0.05, 0.1) is 9.79 Å². The molecular formula is C17H18N2O4S. The molecule has 7 heteroatoms. The number of fused-ring (bicyclic) bond motifs is 3. The van der Waals surface area contributed by atoms with Crippen molar-refractivity contribution in [2.75, 3.05) is 13.1 Å². The number of nitrogens with zero attached hydrogens (tertiary/aromatic N) is 1. The maximum atomic E-state index is 12.8. The van der Waals surface area contributed by atoms with Crippen molar-refractivity contribution in [3.05, 3.63) is 53.5 Å². The maximum Gasteiger partial charge on any atom is 0.207 e. The van der Waals surface area contributed by atoms with Crippen molar-refractivity contribution in [2.45, 2.75) is 34.7 Å². The molecule has 2 aliphatic heterocycles. The molecule has 0 saturated carbocycles. The Morgan fingerprint density at radius 1 is 1.25 bits per heavy atom. The fraction of sp³-hybridized carbons (Fsp3) is 0.353. The quantitative estimate of drug-likeness (QED) is 0.652. The lowest BCUT2D eigenvalue weighted by atomic mass is 9.74. The van der Waals surface area contributed by atoms with Crippen LogP contribution in [0.2, 0.25) is 0 Å². The van der Waals surface area contributed by atoms with Crippen molar-refractivity contribution < 1.29 is 17.9 Å². The van der Waals surface area contributed by atoms with Gasteiger partial charge in [-0.3, -0.25) is 0 Å². The lowest BCUT2D eigenvalue weighted by Gasteiger charge is -2.35. The van der Waals surface area contributed by atoms with Crippen LogP contribution in [0.3, 0.4) is 0 Å². The minimum Gasteiger partial charge on any atom is -0.619 e. The lowest BCUT2D eigenvalue weighted by Crippen LogP contribution is -2.49. The van der Waals surface area contributed by atoms with Crippen LogP contribution in [0.5, 0.6) is 5.75 Å². The van der Waals surface area contributed by atoms with Crippen LogP contribution in [0.1, 0.15) is 18.9 Å². The molecule has 0 amide bonds. The molecule has 1 saturated heterocycles. The summed E-state index contributed by atoms with van der Waals surface area (Å²) in [5, 5.41) is 14.5. The highest BCUT2D eigenvalue weighted by Gasteiger charge is 2.47. The van der Waals surface area contributed by atoms with E-state index in [2.05, 4.69) is 12.2 Å². The van der Waals surface area contributed by atoms with Crippen molar-refractivity contribution in [2.24, 2.45) is 0 Å². The Labute approximate surface area is 140 Å². The third-order valence-corrected chi connectivity index (χ3v) is 6.86. The molecule has 0 aliphatic carbocycles. The molecule has 0 radical (unpaired) electrons. The van der Waals surface area contributed by atoms with E-state index in [1.807, 2.05) is 0 Å². The van der Waals surface area contributed by atoms with E-state index < -0.39 is 9.84 Å². The second-order valence-corrected chi connectivity index (χ2v) is 8.48. The summed E-state index contributed by atoms with van der Waals surface area (Å²) in [5.41, 5.74) is 0.769. The maximum absolute atomic E-state index is 12.8. The zero-order chi connectivity index (χ0) is 16.9. The Balaban J connectivity index is 1.79. The highest BCUT2D eigenvalue weighted by Crippen LogP contribution is 2.47. The molecule has 2 aliphatic rings. The molecule has 4 rings (SSSR count). The number of aromatic nitrogens is 1. The zero-order valence-corrected chi connectivity index (χ0v) is 14.0. The molecule has 1 aromatic heterocycles. The SMILES string of the molecule is CC12CCNCC1Oc1ccc(S(=O)(=O)c3cc[n+]([O-])cc3)cc12. The normalized spacial score (nSPS) is 25.6. The van der Waals surface area contributed by atoms with Gasteiger partial charge in [0.1, 0.15) is 11.9 Å². The number of benzene rings is 1. The molecule has 3 heterocycles. The van der Waals surface area contributed by atoms with Crippen LogP contribution >= 0.6 is 0 Å². The zero-order valence-electron chi connectivity index (χ0n) is 13.2. The van der Waals surface area contributed by atoms with Crippen molar-refractivity contribution in [3.63, 3.8) is 0 Å². The topological polar surface area (TPSA) is 82.3 Å². The van der Waals surface area contributed by atoms with Crippen molar-refractivity contribution in [1.82, 2.24) is 5.32 Å². The van der Waals surface area contributed by atoms with Gasteiger partial charge in [0, 0.05) is 29.7 Å². The van der Waals surface area contributed by atoms with Gasteiger partial charge in [0.25, 0.3) is 0 Å². The minimum atomic E-state index is -3.67. The molecule has 1 N–H and O–H groups in total. The van der Waals surface area contributed by atoms with Gasteiger partial charge < -0.3 is 15.3 Å². The van der Waals surface area contributed by atoms with E-state index >= 15 is 0 Å². The molecule has 0 bridgehead atoms. The van der Waals surface area contributed by atoms with Crippen LogP contribution in [-0.4, -0.2) is 27.6 Å². The number of ether oxygens (including phenoxy) is 1. The van der Waals surface area contributed by atoms with Gasteiger partial charge >= 0.3 is 0 Å². The fourth-order valence-corrected chi connectivity index (χ4v) is 4.81. The molecule has 6 nitrogen and oxygen atoms in total. The second kappa shape index (κ2) is 5.19. The Kier molecular flexibility index (Phi) is 3.33. The highest BCUT2D eigenvalue weighted by atomic mass is 32.2. The summed E-state index contributed by atoms with van der Waals surface area (Å²) in [7, 11) is -3.67. The standard InChI is InChI=1S/C17H18N2O4S/c1-17-6-7-18-11-16(17)23-15-3-2-13(10-14(15)17)24(21,22)12-4-8-19(20)9-5-12/h2-5,8-10,16,18H,6-7,11H2,1H3. The first kappa shape index (κ1) is 15.4. The monoisotopic (exact) mass is 346 g/mol. The van der Waals surface area contributed by atoms with Crippen molar-refractivity contribution in [3.8, 4) is 5.75 Å². The number of hydrogen-bond donors (Lipinski definition) is 1. The fourth-order valence-electron chi connectivity index (χ4n) is 3.54. The van der Waals surface area contributed by atoms with E-state index in [9.17, 15) is 13.6 Å². The van der Waals surface area contributed by atoms with Crippen LogP contribution in [0.15, 0.2) is 52.5 Å². The number of rotatable bonds is 2. The molecular weight excluding hydrogens is 328 g/mol. The Hall–Kier alpha value is -2.12. The van der Waals surface area contributed by atoms with E-state index in [0.29, 0.717) is 4.73 Å². The summed E-state index contributed by atoms with van der Waals surface area (Å²) >= 11 is 0. The molecule has 1 fully saturated rings. The molecule has 1 aromatic carbocycles. The first-order chi connectivity index (χ1) is 11.4. The minimum absolute atomic E-state index is 0.0235. The Bertz CT molecular complexity index is 895. The summed E-state index contributed by atoms with van der Waals surface area (Å²) in [6.07, 6.45) is 3.30. The van der Waals surface area contributed by atoms with E-state index in [4.69, 9.17) is 4.74 Å². The Morgan fingerprint density at radius 3 is 2.75 bits per heavy atom. The lowest BCUT2D eigenvalue weighted by molar-refractivity contribution is -0.605. The predicted octanol–water partition coefficient (Wildman–Crippen LogP) is 1.16. The number of hydrogen-bond acceptors (Lipinski definition) is 5. The van der Waals surface area contributed by atoms with Crippen LogP contribution in [0.4, 0.5) is 0 Å². The van der Waals surface area contributed by atoms with Crippen molar-refractivity contribution in [1.29, 1.82) is 0 Å². The molecule has 2 unspecified atom stereocenters. The number of nitrogens with one attached hydrogen (secondary N) is 1. The van der Waals surface area contributed by atoms with Gasteiger partial charge in [-0.2, -0.15) is 4.73 Å². The first-order valence-corrected chi connectivity index (χ1v) is 9.35. The summed E-state index contributed by atoms with van der Waals surface area (Å²) in [6, 6.07) is 7.68. The highest BCUT2D eigenvalue weighted by molar-refractivity contribution is 7.91. The van der Waals surface area contributed by atoms with Gasteiger partial charge in [-0.05, 0) is 31.2 Å². The van der Waals surface area contributed by atoms with E-state index in [1.165, 1.54) is 24.5 Å². The van der Waals surface area contributed by atoms with Gasteiger partial charge in [-0.25, -0.2) is 8.42 Å². The average molecular weight is 346 g/mol. The summed E-state index contributed by atoms with van der Waals surface area (Å²) in [4.78, 5) is 0.342. The summed E-state index contributed by atoms with van der Waals surface area (Å²) < 4.78 is 32.3. The Morgan fingerprint density at radius 2 is 2.00 bits per heavy atom. The number of piperidine rings is 1. The van der Waals surface area contributed by atoms with E-state index in [-0.39, 0.29) is 21.3 Å². The van der Waals surface area contributed by atoms with Crippen LogP contribution in [-0.2, 0) is 15.3 Å². The van der Waals surface area contributed by atoms with Gasteiger partial charge in [-0.1, -0.05) is 6.92 Å². The van der Waals surface area contributed by atoms with Crippen LogP contribution < -0.4 is 14.8 Å². The van der Waals surface area contributed by atoms with Gasteiger partial charge in [0.15, 0.2) is 12.4 Å². The molecule has 0 spiro atoms. The number of pyridine rings is 1. The number of sulfone groups is 1. The van der Waals surface area contributed by atoms with Crippen LogP contribution in [0.25, 0.3) is 0 Å². The van der Waals surface area contributed by atoms with E-state index in [1.54, 1.807) is 18.2 Å². The second-order valence-electron chi connectivity index (χ2n) is 6.53. The average Bonchev–Trinajstić information content (AvgIpc) is 2.87. The van der Waals surface area contributed by atoms with Gasteiger partial charge in [0.2, 0.25) is 9.84 Å². The molecule has 2 aromatic rings. The summed E-state index contributed by atoms with van der Waals surface area (Å²) in [5.74, 6) is 0.760. The molecule has 2 atom stereocenters. The largest absolute Gasteiger partial charge is 0.619 e. The smallest absolute Gasteiger partial charge is 0.207 e.